The molecule has 1 amide bonds. The molecule has 5 nitrogen and oxygen atoms in total. The first-order valence-corrected chi connectivity index (χ1v) is 10.6. The number of sulfone groups is 1. The summed E-state index contributed by atoms with van der Waals surface area (Å²) in [4.78, 5) is 16.9. The van der Waals surface area contributed by atoms with E-state index in [4.69, 9.17) is 0 Å². The molecule has 0 aliphatic carbocycles. The van der Waals surface area contributed by atoms with E-state index in [1.54, 1.807) is 0 Å². The molecule has 6 heteroatoms. The van der Waals surface area contributed by atoms with E-state index < -0.39 is 9.84 Å². The van der Waals surface area contributed by atoms with Gasteiger partial charge in [-0.2, -0.15) is 0 Å². The standard InChI is InChI=1S/C18H26N2O3S/c1-2-10-19(16-9-12-24(22,23)14-16)13-18(21)20-11-5-7-15-6-3-4-8-17(15)20/h3-4,6,8,16H,2,5,7,9-14H2,1H3. The fourth-order valence-corrected chi connectivity index (χ4v) is 5.55. The number of para-hydroxylation sites is 1. The molecule has 1 unspecified atom stereocenters. The van der Waals surface area contributed by atoms with Crippen LogP contribution in [0.15, 0.2) is 24.3 Å². The Morgan fingerprint density at radius 2 is 2.12 bits per heavy atom. The highest BCUT2D eigenvalue weighted by Crippen LogP contribution is 2.27. The number of nitrogens with zero attached hydrogens (tertiary/aromatic N) is 2. The van der Waals surface area contributed by atoms with Crippen LogP contribution in [0.2, 0.25) is 0 Å². The number of anilines is 1. The van der Waals surface area contributed by atoms with Gasteiger partial charge in [-0.15, -0.1) is 0 Å². The predicted molar refractivity (Wildman–Crippen MR) is 96.0 cm³/mol. The first-order valence-electron chi connectivity index (χ1n) is 8.83. The zero-order valence-electron chi connectivity index (χ0n) is 14.3. The fraction of sp³-hybridized carbons (Fsp3) is 0.611. The Balaban J connectivity index is 1.73. The monoisotopic (exact) mass is 350 g/mol. The molecule has 1 fully saturated rings. The second-order valence-corrected chi connectivity index (χ2v) is 9.03. The van der Waals surface area contributed by atoms with Gasteiger partial charge in [0.2, 0.25) is 5.91 Å². The van der Waals surface area contributed by atoms with Crippen molar-refractivity contribution in [2.24, 2.45) is 0 Å². The maximum absolute atomic E-state index is 12.9. The topological polar surface area (TPSA) is 57.7 Å². The number of benzene rings is 1. The second-order valence-electron chi connectivity index (χ2n) is 6.80. The number of fused-ring (bicyclic) bond motifs is 1. The van der Waals surface area contributed by atoms with Crippen molar-refractivity contribution in [3.8, 4) is 0 Å². The van der Waals surface area contributed by atoms with Crippen molar-refractivity contribution in [1.29, 1.82) is 0 Å². The molecule has 24 heavy (non-hydrogen) atoms. The number of aryl methyl sites for hydroxylation is 1. The Hall–Kier alpha value is -1.40. The molecule has 0 N–H and O–H groups in total. The SMILES string of the molecule is CCCN(CC(=O)N1CCCc2ccccc21)C1CCS(=O)(=O)C1. The van der Waals surface area contributed by atoms with E-state index in [-0.39, 0.29) is 23.5 Å². The van der Waals surface area contributed by atoms with Crippen LogP contribution >= 0.6 is 0 Å². The smallest absolute Gasteiger partial charge is 0.241 e. The quantitative estimate of drug-likeness (QED) is 0.813. The maximum Gasteiger partial charge on any atom is 0.241 e. The minimum absolute atomic E-state index is 0.0149. The summed E-state index contributed by atoms with van der Waals surface area (Å²) < 4.78 is 23.6. The van der Waals surface area contributed by atoms with Gasteiger partial charge in [0.1, 0.15) is 0 Å². The minimum atomic E-state index is -2.93. The molecule has 2 aliphatic heterocycles. The number of rotatable bonds is 5. The van der Waals surface area contributed by atoms with Gasteiger partial charge in [0.25, 0.3) is 0 Å². The van der Waals surface area contributed by atoms with Gasteiger partial charge >= 0.3 is 0 Å². The average molecular weight is 350 g/mol. The molecular weight excluding hydrogens is 324 g/mol. The Morgan fingerprint density at radius 1 is 1.33 bits per heavy atom. The van der Waals surface area contributed by atoms with Crippen molar-refractivity contribution < 1.29 is 13.2 Å². The Labute approximate surface area is 144 Å². The normalized spacial score (nSPS) is 22.6. The van der Waals surface area contributed by atoms with E-state index in [2.05, 4.69) is 17.9 Å². The third-order valence-electron chi connectivity index (χ3n) is 4.99. The van der Waals surface area contributed by atoms with Crippen LogP contribution in [0.3, 0.4) is 0 Å². The van der Waals surface area contributed by atoms with Crippen molar-refractivity contribution in [3.05, 3.63) is 29.8 Å². The molecular formula is C18H26N2O3S. The maximum atomic E-state index is 12.9. The summed E-state index contributed by atoms with van der Waals surface area (Å²) in [6.45, 7) is 3.89. The van der Waals surface area contributed by atoms with Gasteiger partial charge in [0.05, 0.1) is 18.1 Å². The van der Waals surface area contributed by atoms with Gasteiger partial charge in [-0.1, -0.05) is 25.1 Å². The highest BCUT2D eigenvalue weighted by atomic mass is 32.2. The molecule has 1 atom stereocenters. The summed E-state index contributed by atoms with van der Waals surface area (Å²) in [7, 11) is -2.93. The van der Waals surface area contributed by atoms with Crippen molar-refractivity contribution in [3.63, 3.8) is 0 Å². The van der Waals surface area contributed by atoms with Crippen LogP contribution in [-0.2, 0) is 21.1 Å². The molecule has 3 rings (SSSR count). The van der Waals surface area contributed by atoms with Crippen LogP contribution in [-0.4, -0.2) is 56.4 Å². The summed E-state index contributed by atoms with van der Waals surface area (Å²) >= 11 is 0. The Kier molecular flexibility index (Phi) is 5.25. The van der Waals surface area contributed by atoms with E-state index in [0.717, 1.165) is 38.0 Å². The van der Waals surface area contributed by atoms with Gasteiger partial charge in [0.15, 0.2) is 9.84 Å². The lowest BCUT2D eigenvalue weighted by molar-refractivity contribution is -0.120. The van der Waals surface area contributed by atoms with Crippen molar-refractivity contribution >= 4 is 21.4 Å². The Bertz CT molecular complexity index is 702. The third kappa shape index (κ3) is 3.81. The summed E-state index contributed by atoms with van der Waals surface area (Å²) in [5.41, 5.74) is 2.24. The van der Waals surface area contributed by atoms with Gasteiger partial charge in [-0.3, -0.25) is 9.69 Å². The summed E-state index contributed by atoms with van der Waals surface area (Å²) in [6.07, 6.45) is 3.56. The molecule has 2 heterocycles. The molecule has 0 bridgehead atoms. The zero-order chi connectivity index (χ0) is 17.2. The molecule has 0 spiro atoms. The van der Waals surface area contributed by atoms with Crippen LogP contribution in [0.25, 0.3) is 0 Å². The average Bonchev–Trinajstić information content (AvgIpc) is 2.93. The van der Waals surface area contributed by atoms with Gasteiger partial charge in [-0.05, 0) is 43.9 Å². The molecule has 1 saturated heterocycles. The lowest BCUT2D eigenvalue weighted by Gasteiger charge is -2.33. The largest absolute Gasteiger partial charge is 0.311 e. The van der Waals surface area contributed by atoms with E-state index in [1.165, 1.54) is 5.56 Å². The van der Waals surface area contributed by atoms with Crippen molar-refractivity contribution in [2.75, 3.05) is 36.0 Å². The van der Waals surface area contributed by atoms with Crippen LogP contribution in [0.4, 0.5) is 5.69 Å². The van der Waals surface area contributed by atoms with E-state index >= 15 is 0 Å². The van der Waals surface area contributed by atoms with Crippen LogP contribution < -0.4 is 4.90 Å². The Morgan fingerprint density at radius 3 is 2.83 bits per heavy atom. The lowest BCUT2D eigenvalue weighted by atomic mass is 10.0. The molecule has 1 aromatic rings. The minimum Gasteiger partial charge on any atom is -0.311 e. The van der Waals surface area contributed by atoms with Crippen LogP contribution in [0, 0.1) is 0 Å². The van der Waals surface area contributed by atoms with Gasteiger partial charge < -0.3 is 4.90 Å². The van der Waals surface area contributed by atoms with Crippen molar-refractivity contribution in [1.82, 2.24) is 4.90 Å². The number of amides is 1. The molecule has 0 saturated carbocycles. The summed E-state index contributed by atoms with van der Waals surface area (Å²) in [6, 6.07) is 8.06. The molecule has 0 aromatic heterocycles. The summed E-state index contributed by atoms with van der Waals surface area (Å²) in [5.74, 6) is 0.523. The van der Waals surface area contributed by atoms with Crippen LogP contribution in [0.5, 0.6) is 0 Å². The fourth-order valence-electron chi connectivity index (χ4n) is 3.79. The van der Waals surface area contributed by atoms with Gasteiger partial charge in [0, 0.05) is 18.3 Å². The highest BCUT2D eigenvalue weighted by Gasteiger charge is 2.34. The predicted octanol–water partition coefficient (Wildman–Crippen LogP) is 1.86. The first kappa shape index (κ1) is 17.4. The van der Waals surface area contributed by atoms with Gasteiger partial charge in [-0.25, -0.2) is 8.42 Å². The number of carbonyl (C=O) groups is 1. The number of carbonyl (C=O) groups excluding carboxylic acids is 1. The third-order valence-corrected chi connectivity index (χ3v) is 6.74. The van der Waals surface area contributed by atoms with Crippen LogP contribution in [0.1, 0.15) is 31.7 Å². The molecule has 132 valence electrons. The van der Waals surface area contributed by atoms with E-state index in [9.17, 15) is 13.2 Å². The number of hydrogen-bond acceptors (Lipinski definition) is 4. The second kappa shape index (κ2) is 7.23. The summed E-state index contributed by atoms with van der Waals surface area (Å²) in [5, 5.41) is 0. The first-order chi connectivity index (χ1) is 11.5. The van der Waals surface area contributed by atoms with Crippen molar-refractivity contribution in [2.45, 2.75) is 38.6 Å². The lowest BCUT2D eigenvalue weighted by Crippen LogP contribution is -2.46. The molecule has 1 aromatic carbocycles. The molecule has 0 radical (unpaired) electrons. The van der Waals surface area contributed by atoms with E-state index in [1.807, 2.05) is 23.1 Å². The zero-order valence-corrected chi connectivity index (χ0v) is 15.1. The van der Waals surface area contributed by atoms with E-state index in [0.29, 0.717) is 13.0 Å². The molecule has 2 aliphatic rings. The number of hydrogen-bond donors (Lipinski definition) is 0. The highest BCUT2D eigenvalue weighted by molar-refractivity contribution is 7.91.